The SMILES string of the molecule is Cc1cc(Br)ccc1NC(=O)CN(C)C(=O)[C@H]1NCCO[C@@H]1C. The largest absolute Gasteiger partial charge is 0.375 e. The van der Waals surface area contributed by atoms with Crippen molar-refractivity contribution in [1.29, 1.82) is 0 Å². The summed E-state index contributed by atoms with van der Waals surface area (Å²) < 4.78 is 6.43. The average molecular weight is 384 g/mol. The number of hydrogen-bond donors (Lipinski definition) is 2. The monoisotopic (exact) mass is 383 g/mol. The number of morpholine rings is 1. The Hall–Kier alpha value is -1.44. The van der Waals surface area contributed by atoms with Crippen LogP contribution in [-0.4, -0.2) is 55.6 Å². The highest BCUT2D eigenvalue weighted by Gasteiger charge is 2.31. The molecule has 7 heteroatoms. The number of anilines is 1. The number of rotatable bonds is 4. The number of carbonyl (C=O) groups excluding carboxylic acids is 2. The predicted molar refractivity (Wildman–Crippen MR) is 92.4 cm³/mol. The number of nitrogens with zero attached hydrogens (tertiary/aromatic N) is 1. The molecule has 1 aliphatic rings. The third-order valence-corrected chi connectivity index (χ3v) is 4.30. The molecule has 2 amide bonds. The van der Waals surface area contributed by atoms with Gasteiger partial charge in [0.2, 0.25) is 11.8 Å². The van der Waals surface area contributed by atoms with Gasteiger partial charge in [0, 0.05) is 23.8 Å². The van der Waals surface area contributed by atoms with Gasteiger partial charge in [-0.2, -0.15) is 0 Å². The number of likely N-dealkylation sites (N-methyl/N-ethyl adjacent to an activating group) is 1. The molecule has 1 aromatic rings. The standard InChI is InChI=1S/C16H22BrN3O3/c1-10-8-12(17)4-5-13(10)19-14(21)9-20(3)16(22)15-11(2)23-7-6-18-15/h4-5,8,11,15,18H,6-7,9H2,1-3H3,(H,19,21)/t11-,15+/m1/s1. The first-order valence-corrected chi connectivity index (χ1v) is 8.33. The number of hydrogen-bond acceptors (Lipinski definition) is 4. The van der Waals surface area contributed by atoms with Crippen LogP contribution in [0.5, 0.6) is 0 Å². The lowest BCUT2D eigenvalue weighted by molar-refractivity contribution is -0.140. The minimum atomic E-state index is -0.407. The summed E-state index contributed by atoms with van der Waals surface area (Å²) in [5.41, 5.74) is 1.70. The second-order valence-electron chi connectivity index (χ2n) is 5.71. The summed E-state index contributed by atoms with van der Waals surface area (Å²) in [6.07, 6.45) is -0.199. The van der Waals surface area contributed by atoms with Crippen LogP contribution in [0, 0.1) is 6.92 Å². The van der Waals surface area contributed by atoms with Crippen molar-refractivity contribution in [3.05, 3.63) is 28.2 Å². The van der Waals surface area contributed by atoms with E-state index in [0.29, 0.717) is 13.2 Å². The van der Waals surface area contributed by atoms with Gasteiger partial charge in [-0.25, -0.2) is 0 Å². The number of ether oxygens (including phenoxy) is 1. The zero-order valence-electron chi connectivity index (χ0n) is 13.6. The third kappa shape index (κ3) is 4.76. The summed E-state index contributed by atoms with van der Waals surface area (Å²) in [4.78, 5) is 26.0. The zero-order valence-corrected chi connectivity index (χ0v) is 15.1. The van der Waals surface area contributed by atoms with Crippen LogP contribution in [0.25, 0.3) is 0 Å². The molecular formula is C16H22BrN3O3. The highest BCUT2D eigenvalue weighted by atomic mass is 79.9. The maximum atomic E-state index is 12.4. The van der Waals surface area contributed by atoms with Gasteiger partial charge in [0.15, 0.2) is 0 Å². The minimum absolute atomic E-state index is 0.000757. The molecule has 126 valence electrons. The Bertz CT molecular complexity index is 594. The molecular weight excluding hydrogens is 362 g/mol. The van der Waals surface area contributed by atoms with E-state index in [9.17, 15) is 9.59 Å². The predicted octanol–water partition coefficient (Wildman–Crippen LogP) is 1.53. The van der Waals surface area contributed by atoms with Gasteiger partial charge in [-0.1, -0.05) is 15.9 Å². The normalized spacial score (nSPS) is 20.9. The minimum Gasteiger partial charge on any atom is -0.375 e. The van der Waals surface area contributed by atoms with Crippen LogP contribution < -0.4 is 10.6 Å². The second kappa shape index (κ2) is 7.90. The van der Waals surface area contributed by atoms with E-state index < -0.39 is 6.04 Å². The number of halogens is 1. The molecule has 1 saturated heterocycles. The summed E-state index contributed by atoms with van der Waals surface area (Å²) in [5.74, 6) is -0.365. The van der Waals surface area contributed by atoms with Gasteiger partial charge in [-0.3, -0.25) is 9.59 Å². The van der Waals surface area contributed by atoms with Gasteiger partial charge < -0.3 is 20.3 Å². The molecule has 23 heavy (non-hydrogen) atoms. The molecule has 2 N–H and O–H groups in total. The van der Waals surface area contributed by atoms with Crippen LogP contribution in [0.4, 0.5) is 5.69 Å². The van der Waals surface area contributed by atoms with Gasteiger partial charge >= 0.3 is 0 Å². The van der Waals surface area contributed by atoms with E-state index in [2.05, 4.69) is 26.6 Å². The Labute approximate surface area is 144 Å². The Balaban J connectivity index is 1.92. The van der Waals surface area contributed by atoms with E-state index in [1.54, 1.807) is 7.05 Å². The van der Waals surface area contributed by atoms with Crippen LogP contribution in [0.3, 0.4) is 0 Å². The average Bonchev–Trinajstić information content (AvgIpc) is 2.50. The number of aryl methyl sites for hydroxylation is 1. The third-order valence-electron chi connectivity index (χ3n) is 3.80. The highest BCUT2D eigenvalue weighted by molar-refractivity contribution is 9.10. The van der Waals surface area contributed by atoms with E-state index in [4.69, 9.17) is 4.74 Å². The van der Waals surface area contributed by atoms with Crippen molar-refractivity contribution in [1.82, 2.24) is 10.2 Å². The maximum Gasteiger partial charge on any atom is 0.243 e. The molecule has 0 saturated carbocycles. The van der Waals surface area contributed by atoms with Gasteiger partial charge in [0.1, 0.15) is 6.04 Å². The first-order chi connectivity index (χ1) is 10.9. The van der Waals surface area contributed by atoms with Crippen molar-refractivity contribution in [3.8, 4) is 0 Å². The Morgan fingerprint density at radius 3 is 2.87 bits per heavy atom. The number of carbonyl (C=O) groups is 2. The Morgan fingerprint density at radius 2 is 2.22 bits per heavy atom. The Kier molecular flexibility index (Phi) is 6.15. The molecule has 1 aliphatic heterocycles. The fourth-order valence-electron chi connectivity index (χ4n) is 2.50. The van der Waals surface area contributed by atoms with E-state index in [1.165, 1.54) is 4.90 Å². The van der Waals surface area contributed by atoms with Gasteiger partial charge in [-0.15, -0.1) is 0 Å². The molecule has 0 aromatic heterocycles. The van der Waals surface area contributed by atoms with Crippen molar-refractivity contribution in [2.75, 3.05) is 32.1 Å². The van der Waals surface area contributed by atoms with Crippen molar-refractivity contribution < 1.29 is 14.3 Å². The van der Waals surface area contributed by atoms with Crippen molar-refractivity contribution in [2.24, 2.45) is 0 Å². The summed E-state index contributed by atoms with van der Waals surface area (Å²) in [7, 11) is 1.62. The quantitative estimate of drug-likeness (QED) is 0.826. The first kappa shape index (κ1) is 17.9. The molecule has 0 aliphatic carbocycles. The summed E-state index contributed by atoms with van der Waals surface area (Å²) in [6, 6.07) is 5.21. The first-order valence-electron chi connectivity index (χ1n) is 7.54. The number of amides is 2. The topological polar surface area (TPSA) is 70.7 Å². The van der Waals surface area contributed by atoms with E-state index >= 15 is 0 Å². The maximum absolute atomic E-state index is 12.4. The van der Waals surface area contributed by atoms with Gasteiger partial charge in [0.05, 0.1) is 19.3 Å². The zero-order chi connectivity index (χ0) is 17.0. The van der Waals surface area contributed by atoms with E-state index in [1.807, 2.05) is 32.0 Å². The second-order valence-corrected chi connectivity index (χ2v) is 6.63. The molecule has 6 nitrogen and oxygen atoms in total. The van der Waals surface area contributed by atoms with Gasteiger partial charge in [0.25, 0.3) is 0 Å². The molecule has 1 aromatic carbocycles. The molecule has 0 unspecified atom stereocenters. The molecule has 1 heterocycles. The molecule has 0 radical (unpaired) electrons. The molecule has 2 rings (SSSR count). The fourth-order valence-corrected chi connectivity index (χ4v) is 2.97. The van der Waals surface area contributed by atoms with Gasteiger partial charge in [-0.05, 0) is 37.6 Å². The van der Waals surface area contributed by atoms with Crippen LogP contribution in [-0.2, 0) is 14.3 Å². The lowest BCUT2D eigenvalue weighted by Gasteiger charge is -2.32. The molecule has 1 fully saturated rings. The summed E-state index contributed by atoms with van der Waals surface area (Å²) >= 11 is 3.39. The van der Waals surface area contributed by atoms with Crippen molar-refractivity contribution in [3.63, 3.8) is 0 Å². The lowest BCUT2D eigenvalue weighted by atomic mass is 10.1. The fraction of sp³-hybridized carbons (Fsp3) is 0.500. The van der Waals surface area contributed by atoms with Crippen molar-refractivity contribution in [2.45, 2.75) is 26.0 Å². The van der Waals surface area contributed by atoms with Crippen LogP contribution in [0.15, 0.2) is 22.7 Å². The van der Waals surface area contributed by atoms with Crippen LogP contribution in [0.2, 0.25) is 0 Å². The molecule has 0 bridgehead atoms. The Morgan fingerprint density at radius 1 is 1.48 bits per heavy atom. The van der Waals surface area contributed by atoms with E-state index in [-0.39, 0.29) is 24.5 Å². The van der Waals surface area contributed by atoms with Crippen LogP contribution in [0.1, 0.15) is 12.5 Å². The number of benzene rings is 1. The lowest BCUT2D eigenvalue weighted by Crippen LogP contribution is -2.56. The van der Waals surface area contributed by atoms with Crippen molar-refractivity contribution >= 4 is 33.4 Å². The highest BCUT2D eigenvalue weighted by Crippen LogP contribution is 2.20. The molecule has 2 atom stereocenters. The van der Waals surface area contributed by atoms with Crippen LogP contribution >= 0.6 is 15.9 Å². The number of nitrogens with one attached hydrogen (secondary N) is 2. The smallest absolute Gasteiger partial charge is 0.243 e. The van der Waals surface area contributed by atoms with E-state index in [0.717, 1.165) is 15.7 Å². The summed E-state index contributed by atoms with van der Waals surface area (Å²) in [5, 5.41) is 5.97. The molecule has 0 spiro atoms. The summed E-state index contributed by atoms with van der Waals surface area (Å²) in [6.45, 7) is 5.00.